The van der Waals surface area contributed by atoms with Crippen molar-refractivity contribution in [3.8, 4) is 0 Å². The minimum atomic E-state index is -0.0732. The Bertz CT molecular complexity index is 585. The van der Waals surface area contributed by atoms with E-state index in [9.17, 15) is 4.79 Å². The fourth-order valence-corrected chi connectivity index (χ4v) is 2.69. The fourth-order valence-electron chi connectivity index (χ4n) is 2.00. The smallest absolute Gasteiger partial charge is 0.242 e. The Kier molecular flexibility index (Phi) is 6.34. The summed E-state index contributed by atoms with van der Waals surface area (Å²) >= 11 is 3.36. The van der Waals surface area contributed by atoms with E-state index in [0.717, 1.165) is 28.6 Å². The first-order valence-corrected chi connectivity index (χ1v) is 8.39. The van der Waals surface area contributed by atoms with Crippen LogP contribution in [0.25, 0.3) is 0 Å². The van der Waals surface area contributed by atoms with Crippen molar-refractivity contribution in [2.45, 2.75) is 13.3 Å². The number of nitrogens with one attached hydrogen (secondary N) is 1. The molecule has 0 fully saturated rings. The van der Waals surface area contributed by atoms with Crippen LogP contribution in [0.2, 0.25) is 0 Å². The number of halogens is 1. The first-order valence-electron chi connectivity index (χ1n) is 7.26. The van der Waals surface area contributed by atoms with Crippen LogP contribution in [-0.4, -0.2) is 16.9 Å². The van der Waals surface area contributed by atoms with Crippen LogP contribution in [0.4, 0.5) is 0 Å². The number of nitrogens with zero attached hydrogens (tertiary/aromatic N) is 1. The van der Waals surface area contributed by atoms with Crippen LogP contribution < -0.4 is 5.43 Å². The number of hydrogen-bond donors (Lipinski definition) is 1. The molecule has 0 saturated carbocycles. The minimum Gasteiger partial charge on any atom is -0.273 e. The van der Waals surface area contributed by atoms with Gasteiger partial charge in [0.05, 0.1) is 5.71 Å². The van der Waals surface area contributed by atoms with Crippen molar-refractivity contribution >= 4 is 27.5 Å². The molecular formula is C18H19BrN2O. The average molecular weight is 359 g/mol. The molecule has 0 aromatic heterocycles. The predicted octanol–water partition coefficient (Wildman–Crippen LogP) is 3.98. The Hall–Kier alpha value is -1.94. The molecule has 0 aliphatic heterocycles. The van der Waals surface area contributed by atoms with Gasteiger partial charge >= 0.3 is 0 Å². The van der Waals surface area contributed by atoms with Crippen LogP contribution in [-0.2, 0) is 4.79 Å². The van der Waals surface area contributed by atoms with Gasteiger partial charge in [-0.05, 0) is 6.42 Å². The molecule has 1 amide bonds. The number of hydrazone groups is 1. The Labute approximate surface area is 139 Å². The summed E-state index contributed by atoms with van der Waals surface area (Å²) < 4.78 is 0. The van der Waals surface area contributed by atoms with Gasteiger partial charge in [0.1, 0.15) is 0 Å². The number of benzene rings is 2. The molecule has 0 spiro atoms. The summed E-state index contributed by atoms with van der Waals surface area (Å²) in [6.45, 7) is 1.90. The molecule has 3 nitrogen and oxygen atoms in total. The second-order valence-corrected chi connectivity index (χ2v) is 5.84. The summed E-state index contributed by atoms with van der Waals surface area (Å²) in [6.07, 6.45) is 0.785. The maximum atomic E-state index is 12.1. The summed E-state index contributed by atoms with van der Waals surface area (Å²) in [4.78, 5) is 12.1. The van der Waals surface area contributed by atoms with E-state index in [2.05, 4.69) is 26.5 Å². The molecule has 2 aromatic rings. The summed E-state index contributed by atoms with van der Waals surface area (Å²) in [5.74, 6) is -0.139. The Morgan fingerprint density at radius 1 is 1.05 bits per heavy atom. The topological polar surface area (TPSA) is 41.5 Å². The highest BCUT2D eigenvalue weighted by molar-refractivity contribution is 9.09. The van der Waals surface area contributed by atoms with Gasteiger partial charge < -0.3 is 0 Å². The van der Waals surface area contributed by atoms with E-state index in [1.165, 1.54) is 0 Å². The average Bonchev–Trinajstić information content (AvgIpc) is 2.57. The van der Waals surface area contributed by atoms with Crippen LogP contribution in [0.3, 0.4) is 0 Å². The number of amides is 1. The van der Waals surface area contributed by atoms with Crippen molar-refractivity contribution < 1.29 is 4.79 Å². The number of rotatable bonds is 6. The van der Waals surface area contributed by atoms with Gasteiger partial charge in [-0.25, -0.2) is 5.43 Å². The lowest BCUT2D eigenvalue weighted by Crippen LogP contribution is -2.26. The predicted molar refractivity (Wildman–Crippen MR) is 94.2 cm³/mol. The zero-order valence-corrected chi connectivity index (χ0v) is 14.1. The van der Waals surface area contributed by atoms with Gasteiger partial charge in [-0.15, -0.1) is 0 Å². The lowest BCUT2D eigenvalue weighted by atomic mass is 10.0. The summed E-state index contributed by atoms with van der Waals surface area (Å²) in [5.41, 5.74) is 5.41. The second kappa shape index (κ2) is 8.49. The van der Waals surface area contributed by atoms with E-state index in [1.54, 1.807) is 0 Å². The van der Waals surface area contributed by atoms with Crippen LogP contribution in [0.1, 0.15) is 24.5 Å². The number of alkyl halides is 1. The van der Waals surface area contributed by atoms with Crippen molar-refractivity contribution in [3.63, 3.8) is 0 Å². The van der Waals surface area contributed by atoms with E-state index >= 15 is 0 Å². The Balaban J connectivity index is 2.26. The molecular weight excluding hydrogens is 340 g/mol. The van der Waals surface area contributed by atoms with E-state index in [4.69, 9.17) is 0 Å². The first kappa shape index (κ1) is 16.4. The minimum absolute atomic E-state index is 0.0659. The van der Waals surface area contributed by atoms with Crippen molar-refractivity contribution in [1.82, 2.24) is 5.43 Å². The molecule has 1 N–H and O–H groups in total. The first-order chi connectivity index (χ1) is 10.7. The molecule has 0 radical (unpaired) electrons. The third-order valence-corrected chi connectivity index (χ3v) is 3.82. The van der Waals surface area contributed by atoms with Gasteiger partial charge in [-0.1, -0.05) is 83.5 Å². The Morgan fingerprint density at radius 3 is 2.00 bits per heavy atom. The normalized spacial score (nSPS) is 11.5. The number of carbonyl (C=O) groups excluding carboxylic acids is 1. The van der Waals surface area contributed by atoms with E-state index in [1.807, 2.05) is 67.6 Å². The summed E-state index contributed by atoms with van der Waals surface area (Å²) in [6, 6.07) is 19.7. The molecule has 1 unspecified atom stereocenters. The van der Waals surface area contributed by atoms with Crippen LogP contribution in [0.15, 0.2) is 65.8 Å². The third-order valence-electron chi connectivity index (χ3n) is 3.36. The molecule has 0 saturated heterocycles. The molecule has 2 rings (SSSR count). The van der Waals surface area contributed by atoms with E-state index in [0.29, 0.717) is 0 Å². The molecule has 1 atom stereocenters. The van der Waals surface area contributed by atoms with Crippen molar-refractivity contribution in [2.75, 3.05) is 5.33 Å². The zero-order valence-electron chi connectivity index (χ0n) is 12.5. The zero-order chi connectivity index (χ0) is 15.8. The molecule has 4 heteroatoms. The van der Waals surface area contributed by atoms with Gasteiger partial charge in [0.25, 0.3) is 0 Å². The molecule has 0 bridgehead atoms. The quantitative estimate of drug-likeness (QED) is 0.473. The SMILES string of the molecule is CC(CCBr)C(=O)NN=C(c1ccccc1)c1ccccc1. The second-order valence-electron chi connectivity index (χ2n) is 5.05. The number of hydrogen-bond acceptors (Lipinski definition) is 2. The lowest BCUT2D eigenvalue weighted by Gasteiger charge is -2.10. The van der Waals surface area contributed by atoms with Gasteiger partial charge in [-0.3, -0.25) is 4.79 Å². The van der Waals surface area contributed by atoms with Crippen molar-refractivity contribution in [3.05, 3.63) is 71.8 Å². The molecule has 0 aliphatic rings. The maximum Gasteiger partial charge on any atom is 0.242 e. The van der Waals surface area contributed by atoms with Crippen molar-refractivity contribution in [2.24, 2.45) is 11.0 Å². The molecule has 114 valence electrons. The molecule has 2 aromatic carbocycles. The van der Waals surface area contributed by atoms with Crippen molar-refractivity contribution in [1.29, 1.82) is 0 Å². The standard InChI is InChI=1S/C18H19BrN2O/c1-14(12-13-19)18(22)21-20-17(15-8-4-2-5-9-15)16-10-6-3-7-11-16/h2-11,14H,12-13H2,1H3,(H,21,22). The summed E-state index contributed by atoms with van der Waals surface area (Å²) in [7, 11) is 0. The molecule has 22 heavy (non-hydrogen) atoms. The van der Waals surface area contributed by atoms with Crippen LogP contribution >= 0.6 is 15.9 Å². The van der Waals surface area contributed by atoms with Crippen LogP contribution in [0, 0.1) is 5.92 Å². The van der Waals surface area contributed by atoms with E-state index < -0.39 is 0 Å². The maximum absolute atomic E-state index is 12.1. The molecule has 0 aliphatic carbocycles. The monoisotopic (exact) mass is 358 g/mol. The van der Waals surface area contributed by atoms with Gasteiger partial charge in [0, 0.05) is 22.4 Å². The highest BCUT2D eigenvalue weighted by atomic mass is 79.9. The summed E-state index contributed by atoms with van der Waals surface area (Å²) in [5, 5.41) is 5.17. The fraction of sp³-hybridized carbons (Fsp3) is 0.222. The molecule has 0 heterocycles. The number of carbonyl (C=O) groups is 1. The van der Waals surface area contributed by atoms with Gasteiger partial charge in [0.15, 0.2) is 0 Å². The Morgan fingerprint density at radius 2 is 1.55 bits per heavy atom. The third kappa shape index (κ3) is 4.53. The van der Waals surface area contributed by atoms with E-state index in [-0.39, 0.29) is 11.8 Å². The highest BCUT2D eigenvalue weighted by Gasteiger charge is 2.12. The lowest BCUT2D eigenvalue weighted by molar-refractivity contribution is -0.124. The largest absolute Gasteiger partial charge is 0.273 e. The van der Waals surface area contributed by atoms with Gasteiger partial charge in [-0.2, -0.15) is 5.10 Å². The highest BCUT2D eigenvalue weighted by Crippen LogP contribution is 2.11. The van der Waals surface area contributed by atoms with Crippen LogP contribution in [0.5, 0.6) is 0 Å². The van der Waals surface area contributed by atoms with Gasteiger partial charge in [0.2, 0.25) is 5.91 Å².